The SMILES string of the molecule is CC.Cn1c(C(C)(C)C)nc2ccccc21. The van der Waals surface area contributed by atoms with Gasteiger partial charge in [0.1, 0.15) is 5.82 Å². The lowest BCUT2D eigenvalue weighted by molar-refractivity contribution is 0.526. The summed E-state index contributed by atoms with van der Waals surface area (Å²) in [7, 11) is 2.08. The Labute approximate surface area is 98.3 Å². The number of fused-ring (bicyclic) bond motifs is 1. The molecule has 2 nitrogen and oxygen atoms in total. The smallest absolute Gasteiger partial charge is 0.115 e. The van der Waals surface area contributed by atoms with Crippen molar-refractivity contribution in [3.63, 3.8) is 0 Å². The Balaban J connectivity index is 0.000000606. The number of hydrogen-bond acceptors (Lipinski definition) is 1. The van der Waals surface area contributed by atoms with Gasteiger partial charge in [0, 0.05) is 12.5 Å². The second-order valence-corrected chi connectivity index (χ2v) is 4.73. The van der Waals surface area contributed by atoms with Crippen LogP contribution in [0.15, 0.2) is 24.3 Å². The largest absolute Gasteiger partial charge is 0.331 e. The van der Waals surface area contributed by atoms with Gasteiger partial charge in [0.05, 0.1) is 11.0 Å². The Hall–Kier alpha value is -1.31. The lowest BCUT2D eigenvalue weighted by atomic mass is 9.96. The molecule has 0 aliphatic carbocycles. The zero-order valence-electron chi connectivity index (χ0n) is 11.2. The minimum Gasteiger partial charge on any atom is -0.331 e. The van der Waals surface area contributed by atoms with E-state index in [1.54, 1.807) is 0 Å². The zero-order chi connectivity index (χ0) is 12.3. The van der Waals surface area contributed by atoms with E-state index in [1.807, 2.05) is 19.9 Å². The van der Waals surface area contributed by atoms with E-state index in [0.717, 1.165) is 11.3 Å². The molecule has 0 amide bonds. The highest BCUT2D eigenvalue weighted by Crippen LogP contribution is 2.24. The second-order valence-electron chi connectivity index (χ2n) is 4.73. The molecule has 0 spiro atoms. The molecule has 0 bridgehead atoms. The van der Waals surface area contributed by atoms with Crippen LogP contribution in [0.2, 0.25) is 0 Å². The first-order valence-corrected chi connectivity index (χ1v) is 5.92. The van der Waals surface area contributed by atoms with Crippen LogP contribution in [0.25, 0.3) is 11.0 Å². The van der Waals surface area contributed by atoms with E-state index in [1.165, 1.54) is 5.52 Å². The summed E-state index contributed by atoms with van der Waals surface area (Å²) in [5.41, 5.74) is 2.39. The summed E-state index contributed by atoms with van der Waals surface area (Å²) < 4.78 is 2.18. The molecule has 88 valence electrons. The molecule has 1 aromatic heterocycles. The van der Waals surface area contributed by atoms with Crippen molar-refractivity contribution in [1.82, 2.24) is 9.55 Å². The van der Waals surface area contributed by atoms with Gasteiger partial charge in [-0.3, -0.25) is 0 Å². The molecule has 0 aliphatic rings. The quantitative estimate of drug-likeness (QED) is 0.656. The van der Waals surface area contributed by atoms with Gasteiger partial charge in [0.15, 0.2) is 0 Å². The second kappa shape index (κ2) is 4.69. The van der Waals surface area contributed by atoms with Crippen LogP contribution in [0, 0.1) is 0 Å². The highest BCUT2D eigenvalue weighted by molar-refractivity contribution is 5.76. The highest BCUT2D eigenvalue weighted by Gasteiger charge is 2.20. The maximum Gasteiger partial charge on any atom is 0.115 e. The molecular weight excluding hydrogens is 196 g/mol. The van der Waals surface area contributed by atoms with E-state index in [-0.39, 0.29) is 5.41 Å². The van der Waals surface area contributed by atoms with E-state index in [0.29, 0.717) is 0 Å². The Morgan fingerprint density at radius 3 is 2.12 bits per heavy atom. The minimum absolute atomic E-state index is 0.105. The van der Waals surface area contributed by atoms with Crippen molar-refractivity contribution in [3.05, 3.63) is 30.1 Å². The average molecular weight is 218 g/mol. The lowest BCUT2D eigenvalue weighted by Crippen LogP contribution is -2.17. The summed E-state index contributed by atoms with van der Waals surface area (Å²) in [5.74, 6) is 1.14. The van der Waals surface area contributed by atoms with E-state index in [4.69, 9.17) is 0 Å². The van der Waals surface area contributed by atoms with Gasteiger partial charge in [-0.1, -0.05) is 46.8 Å². The number of aromatic nitrogens is 2. The number of aryl methyl sites for hydroxylation is 1. The molecule has 0 unspecified atom stereocenters. The van der Waals surface area contributed by atoms with Crippen molar-refractivity contribution < 1.29 is 0 Å². The van der Waals surface area contributed by atoms with Crippen LogP contribution in [0.4, 0.5) is 0 Å². The number of hydrogen-bond donors (Lipinski definition) is 0. The predicted molar refractivity (Wildman–Crippen MR) is 70.8 cm³/mol. The van der Waals surface area contributed by atoms with E-state index >= 15 is 0 Å². The minimum atomic E-state index is 0.105. The fraction of sp³-hybridized carbons (Fsp3) is 0.500. The normalized spacial score (nSPS) is 11.1. The van der Waals surface area contributed by atoms with Gasteiger partial charge in [-0.05, 0) is 12.1 Å². The van der Waals surface area contributed by atoms with Crippen molar-refractivity contribution in [2.45, 2.75) is 40.0 Å². The molecule has 2 aromatic rings. The molecule has 0 N–H and O–H groups in total. The summed E-state index contributed by atoms with van der Waals surface area (Å²) in [6.07, 6.45) is 0. The Bertz CT molecular complexity index is 461. The Morgan fingerprint density at radius 2 is 1.62 bits per heavy atom. The van der Waals surface area contributed by atoms with Crippen LogP contribution < -0.4 is 0 Å². The van der Waals surface area contributed by atoms with Crippen molar-refractivity contribution in [2.24, 2.45) is 7.05 Å². The van der Waals surface area contributed by atoms with Crippen LogP contribution in [0.1, 0.15) is 40.4 Å². The fourth-order valence-corrected chi connectivity index (χ4v) is 1.82. The summed E-state index contributed by atoms with van der Waals surface area (Å²) in [5, 5.41) is 0. The molecule has 0 fully saturated rings. The van der Waals surface area contributed by atoms with Gasteiger partial charge >= 0.3 is 0 Å². The first kappa shape index (κ1) is 12.8. The standard InChI is InChI=1S/C12H16N2.C2H6/c1-12(2,3)11-13-9-7-5-6-8-10(9)14(11)4;1-2/h5-8H,1-4H3;1-2H3. The molecule has 16 heavy (non-hydrogen) atoms. The molecule has 0 saturated carbocycles. The highest BCUT2D eigenvalue weighted by atomic mass is 15.1. The Morgan fingerprint density at radius 1 is 1.06 bits per heavy atom. The number of imidazole rings is 1. The maximum atomic E-state index is 4.65. The summed E-state index contributed by atoms with van der Waals surface area (Å²) >= 11 is 0. The van der Waals surface area contributed by atoms with Gasteiger partial charge < -0.3 is 4.57 Å². The number of benzene rings is 1. The lowest BCUT2D eigenvalue weighted by Gasteiger charge is -2.17. The molecule has 0 aliphatic heterocycles. The molecule has 1 aromatic carbocycles. The topological polar surface area (TPSA) is 17.8 Å². The first-order valence-electron chi connectivity index (χ1n) is 5.92. The average Bonchev–Trinajstić information content (AvgIpc) is 2.60. The maximum absolute atomic E-state index is 4.65. The number of nitrogens with zero attached hydrogens (tertiary/aromatic N) is 2. The van der Waals surface area contributed by atoms with Crippen LogP contribution in [-0.2, 0) is 12.5 Å². The van der Waals surface area contributed by atoms with Crippen LogP contribution in [0.5, 0.6) is 0 Å². The van der Waals surface area contributed by atoms with E-state index in [9.17, 15) is 0 Å². The molecule has 0 saturated heterocycles. The summed E-state index contributed by atoms with van der Waals surface area (Å²) in [6, 6.07) is 8.25. The van der Waals surface area contributed by atoms with Crippen molar-refractivity contribution in [3.8, 4) is 0 Å². The van der Waals surface area contributed by atoms with E-state index in [2.05, 4.69) is 55.6 Å². The van der Waals surface area contributed by atoms with E-state index < -0.39 is 0 Å². The molecule has 1 heterocycles. The first-order chi connectivity index (χ1) is 7.50. The Kier molecular flexibility index (Phi) is 3.74. The third kappa shape index (κ3) is 2.26. The van der Waals surface area contributed by atoms with Crippen molar-refractivity contribution in [1.29, 1.82) is 0 Å². The van der Waals surface area contributed by atoms with Gasteiger partial charge in [-0.15, -0.1) is 0 Å². The van der Waals surface area contributed by atoms with Gasteiger partial charge in [0.25, 0.3) is 0 Å². The van der Waals surface area contributed by atoms with Crippen molar-refractivity contribution in [2.75, 3.05) is 0 Å². The molecule has 0 atom stereocenters. The monoisotopic (exact) mass is 218 g/mol. The fourth-order valence-electron chi connectivity index (χ4n) is 1.82. The van der Waals surface area contributed by atoms with Crippen LogP contribution in [-0.4, -0.2) is 9.55 Å². The van der Waals surface area contributed by atoms with Gasteiger partial charge in [-0.2, -0.15) is 0 Å². The third-order valence-corrected chi connectivity index (χ3v) is 2.46. The zero-order valence-corrected chi connectivity index (χ0v) is 11.2. The van der Waals surface area contributed by atoms with Gasteiger partial charge in [0.2, 0.25) is 0 Å². The number of rotatable bonds is 0. The molecular formula is C14H22N2. The summed E-state index contributed by atoms with van der Waals surface area (Å²) in [6.45, 7) is 10.6. The molecule has 2 heteroatoms. The third-order valence-electron chi connectivity index (χ3n) is 2.46. The number of para-hydroxylation sites is 2. The molecule has 0 radical (unpaired) electrons. The van der Waals surface area contributed by atoms with Crippen LogP contribution >= 0.6 is 0 Å². The predicted octanol–water partition coefficient (Wildman–Crippen LogP) is 3.90. The van der Waals surface area contributed by atoms with Gasteiger partial charge in [-0.25, -0.2) is 4.98 Å². The summed E-state index contributed by atoms with van der Waals surface area (Å²) in [4.78, 5) is 4.65. The van der Waals surface area contributed by atoms with Crippen molar-refractivity contribution >= 4 is 11.0 Å². The van der Waals surface area contributed by atoms with Crippen LogP contribution in [0.3, 0.4) is 0 Å². The molecule has 2 rings (SSSR count).